The molecule has 4 rings (SSSR count). The number of H-pyrrole nitrogens is 1. The molecule has 0 aliphatic heterocycles. The summed E-state index contributed by atoms with van der Waals surface area (Å²) >= 11 is 0. The smallest absolute Gasteiger partial charge is 0.329 e. The van der Waals surface area contributed by atoms with Gasteiger partial charge in [0.2, 0.25) is 0 Å². The number of esters is 1. The Bertz CT molecular complexity index is 1260. The SMILES string of the molecule is CCc1ccc(C(=O)COC(=O)[C@@H](Cc2c[nH]c3ccccc23)NC(=O)c2ccco2)cc1. The molecule has 7 nitrogen and oxygen atoms in total. The molecule has 1 atom stereocenters. The normalized spacial score (nSPS) is 11.8. The van der Waals surface area contributed by atoms with E-state index in [0.29, 0.717) is 5.56 Å². The highest BCUT2D eigenvalue weighted by Gasteiger charge is 2.26. The highest BCUT2D eigenvalue weighted by molar-refractivity contribution is 5.99. The molecule has 0 unspecified atom stereocenters. The molecule has 2 aromatic carbocycles. The lowest BCUT2D eigenvalue weighted by atomic mass is 10.0. The van der Waals surface area contributed by atoms with Crippen LogP contribution in [0.1, 0.15) is 39.0 Å². The summed E-state index contributed by atoms with van der Waals surface area (Å²) in [6, 6.07) is 16.9. The molecular formula is C26H24N2O5. The zero-order valence-corrected chi connectivity index (χ0v) is 18.2. The van der Waals surface area contributed by atoms with Gasteiger partial charge in [-0.1, -0.05) is 49.4 Å². The van der Waals surface area contributed by atoms with E-state index in [1.165, 1.54) is 12.3 Å². The molecule has 2 aromatic heterocycles. The molecule has 0 fully saturated rings. The van der Waals surface area contributed by atoms with Crippen LogP contribution >= 0.6 is 0 Å². The van der Waals surface area contributed by atoms with Crippen molar-refractivity contribution < 1.29 is 23.5 Å². The number of hydrogen-bond donors (Lipinski definition) is 2. The monoisotopic (exact) mass is 444 g/mol. The maximum Gasteiger partial charge on any atom is 0.329 e. The number of ketones is 1. The van der Waals surface area contributed by atoms with Crippen molar-refractivity contribution in [2.45, 2.75) is 25.8 Å². The average Bonchev–Trinajstić information content (AvgIpc) is 3.53. The van der Waals surface area contributed by atoms with Crippen molar-refractivity contribution in [3.05, 3.63) is 95.6 Å². The molecule has 0 aliphatic rings. The number of furan rings is 1. The van der Waals surface area contributed by atoms with Gasteiger partial charge in [0.15, 0.2) is 18.2 Å². The molecule has 0 bridgehead atoms. The van der Waals surface area contributed by atoms with Crippen molar-refractivity contribution in [1.82, 2.24) is 10.3 Å². The summed E-state index contributed by atoms with van der Waals surface area (Å²) < 4.78 is 10.4. The lowest BCUT2D eigenvalue weighted by molar-refractivity contribution is -0.144. The molecule has 0 radical (unpaired) electrons. The van der Waals surface area contributed by atoms with Gasteiger partial charge < -0.3 is 19.5 Å². The number of ether oxygens (including phenoxy) is 1. The van der Waals surface area contributed by atoms with E-state index in [2.05, 4.69) is 10.3 Å². The summed E-state index contributed by atoms with van der Waals surface area (Å²) in [4.78, 5) is 41.1. The molecule has 0 aliphatic carbocycles. The van der Waals surface area contributed by atoms with Crippen LogP contribution in [0.4, 0.5) is 0 Å². The number of amides is 1. The lowest BCUT2D eigenvalue weighted by Gasteiger charge is -2.17. The first-order valence-corrected chi connectivity index (χ1v) is 10.7. The molecule has 0 spiro atoms. The van der Waals surface area contributed by atoms with Gasteiger partial charge in [-0.3, -0.25) is 9.59 Å². The minimum absolute atomic E-state index is 0.0822. The summed E-state index contributed by atoms with van der Waals surface area (Å²) in [5.41, 5.74) is 3.34. The van der Waals surface area contributed by atoms with Gasteiger partial charge in [-0.25, -0.2) is 4.79 Å². The largest absolute Gasteiger partial charge is 0.459 e. The Morgan fingerprint density at radius 2 is 1.82 bits per heavy atom. The number of fused-ring (bicyclic) bond motifs is 1. The van der Waals surface area contributed by atoms with E-state index in [1.807, 2.05) is 43.3 Å². The average molecular weight is 444 g/mol. The van der Waals surface area contributed by atoms with E-state index < -0.39 is 24.5 Å². The predicted octanol–water partition coefficient (Wildman–Crippen LogP) is 4.09. The highest BCUT2D eigenvalue weighted by atomic mass is 16.5. The third kappa shape index (κ3) is 5.20. The fourth-order valence-electron chi connectivity index (χ4n) is 3.60. The third-order valence-electron chi connectivity index (χ3n) is 5.46. The van der Waals surface area contributed by atoms with Crippen LogP contribution in [0, 0.1) is 0 Å². The highest BCUT2D eigenvalue weighted by Crippen LogP contribution is 2.20. The topological polar surface area (TPSA) is 101 Å². The summed E-state index contributed by atoms with van der Waals surface area (Å²) in [6.45, 7) is 1.62. The number of aromatic nitrogens is 1. The van der Waals surface area contributed by atoms with Crippen LogP contribution in [0.5, 0.6) is 0 Å². The van der Waals surface area contributed by atoms with Crippen molar-refractivity contribution in [2.24, 2.45) is 0 Å². The van der Waals surface area contributed by atoms with Crippen LogP contribution in [0.2, 0.25) is 0 Å². The number of aryl methyl sites for hydroxylation is 1. The minimum Gasteiger partial charge on any atom is -0.459 e. The van der Waals surface area contributed by atoms with Gasteiger partial charge in [0.05, 0.1) is 6.26 Å². The van der Waals surface area contributed by atoms with Gasteiger partial charge in [0, 0.05) is 29.1 Å². The van der Waals surface area contributed by atoms with E-state index in [9.17, 15) is 14.4 Å². The van der Waals surface area contributed by atoms with E-state index >= 15 is 0 Å². The molecule has 1 amide bonds. The van der Waals surface area contributed by atoms with Crippen molar-refractivity contribution in [3.8, 4) is 0 Å². The van der Waals surface area contributed by atoms with Gasteiger partial charge in [0.25, 0.3) is 5.91 Å². The Balaban J connectivity index is 1.48. The first-order chi connectivity index (χ1) is 16.0. The number of rotatable bonds is 9. The molecule has 0 saturated heterocycles. The Hall–Kier alpha value is -4.13. The van der Waals surface area contributed by atoms with E-state index in [4.69, 9.17) is 9.15 Å². The number of para-hydroxylation sites is 1. The van der Waals surface area contributed by atoms with Crippen LogP contribution in [0.3, 0.4) is 0 Å². The Morgan fingerprint density at radius 3 is 2.55 bits per heavy atom. The first-order valence-electron chi connectivity index (χ1n) is 10.7. The van der Waals surface area contributed by atoms with Crippen molar-refractivity contribution in [2.75, 3.05) is 6.61 Å². The Morgan fingerprint density at radius 1 is 1.03 bits per heavy atom. The Labute approximate surface area is 190 Å². The molecule has 2 N–H and O–H groups in total. The van der Waals surface area contributed by atoms with Gasteiger partial charge in [0.1, 0.15) is 6.04 Å². The quantitative estimate of drug-likeness (QED) is 0.299. The number of carbonyl (C=O) groups excluding carboxylic acids is 3. The summed E-state index contributed by atoms with van der Waals surface area (Å²) in [5, 5.41) is 3.61. The number of aromatic amines is 1. The molecule has 7 heteroatoms. The minimum atomic E-state index is -1.00. The zero-order chi connectivity index (χ0) is 23.2. The predicted molar refractivity (Wildman–Crippen MR) is 123 cm³/mol. The van der Waals surface area contributed by atoms with Crippen LogP contribution in [0.15, 0.2) is 77.5 Å². The van der Waals surface area contributed by atoms with Crippen LogP contribution < -0.4 is 5.32 Å². The Kier molecular flexibility index (Phi) is 6.69. The van der Waals surface area contributed by atoms with Crippen LogP contribution in [0.25, 0.3) is 10.9 Å². The van der Waals surface area contributed by atoms with Crippen LogP contribution in [-0.2, 0) is 22.4 Å². The van der Waals surface area contributed by atoms with Crippen molar-refractivity contribution >= 4 is 28.6 Å². The standard InChI is InChI=1S/C26H24N2O5/c1-2-17-9-11-18(12-10-17)23(29)16-33-26(31)22(28-25(30)24-8-5-13-32-24)14-19-15-27-21-7-4-3-6-20(19)21/h3-13,15,22,27H,2,14,16H2,1H3,(H,28,30)/t22-/m1/s1. The summed E-state index contributed by atoms with van der Waals surface area (Å²) in [7, 11) is 0. The van der Waals surface area contributed by atoms with E-state index in [0.717, 1.165) is 28.5 Å². The van der Waals surface area contributed by atoms with Gasteiger partial charge >= 0.3 is 5.97 Å². The van der Waals surface area contributed by atoms with Gasteiger partial charge in [-0.2, -0.15) is 0 Å². The number of benzene rings is 2. The molecule has 2 heterocycles. The van der Waals surface area contributed by atoms with Crippen molar-refractivity contribution in [3.63, 3.8) is 0 Å². The molecule has 0 saturated carbocycles. The zero-order valence-electron chi connectivity index (χ0n) is 18.2. The number of carbonyl (C=O) groups is 3. The van der Waals surface area contributed by atoms with Crippen LogP contribution in [-0.4, -0.2) is 35.3 Å². The number of Topliss-reactive ketones (excluding diaryl/α,β-unsaturated/α-hetero) is 1. The second-order valence-electron chi connectivity index (χ2n) is 7.65. The molecule has 168 valence electrons. The number of nitrogens with one attached hydrogen (secondary N) is 2. The summed E-state index contributed by atoms with van der Waals surface area (Å²) in [6.07, 6.45) is 4.23. The maximum atomic E-state index is 12.9. The van der Waals surface area contributed by atoms with E-state index in [1.54, 1.807) is 24.4 Å². The van der Waals surface area contributed by atoms with Crippen molar-refractivity contribution in [1.29, 1.82) is 0 Å². The van der Waals surface area contributed by atoms with E-state index in [-0.39, 0.29) is 18.0 Å². The third-order valence-corrected chi connectivity index (χ3v) is 5.46. The fourth-order valence-corrected chi connectivity index (χ4v) is 3.60. The van der Waals surface area contributed by atoms with Gasteiger partial charge in [-0.05, 0) is 35.7 Å². The second-order valence-corrected chi connectivity index (χ2v) is 7.65. The molecule has 4 aromatic rings. The fraction of sp³-hybridized carbons (Fsp3) is 0.192. The molecular weight excluding hydrogens is 420 g/mol. The second kappa shape index (κ2) is 9.99. The number of hydrogen-bond acceptors (Lipinski definition) is 5. The maximum absolute atomic E-state index is 12.9. The van der Waals surface area contributed by atoms with Gasteiger partial charge in [-0.15, -0.1) is 0 Å². The lowest BCUT2D eigenvalue weighted by Crippen LogP contribution is -2.43. The molecule has 33 heavy (non-hydrogen) atoms. The first kappa shape index (κ1) is 22.1. The summed E-state index contributed by atoms with van der Waals surface area (Å²) in [5.74, 6) is -1.46.